The lowest BCUT2D eigenvalue weighted by Gasteiger charge is -2.32. The average Bonchev–Trinajstić information content (AvgIpc) is 0.962. The molecule has 2 aliphatic heterocycles. The van der Waals surface area contributed by atoms with Crippen molar-refractivity contribution in [3.8, 4) is 22.3 Å². The Kier molecular flexibility index (Phi) is 17.4. The molecule has 82 heavy (non-hydrogen) atoms. The molecule has 0 aromatic heterocycles. The number of nitrogens with zero attached hydrogens (tertiary/aromatic N) is 2. The van der Waals surface area contributed by atoms with Gasteiger partial charge >= 0.3 is 24.7 Å². The fourth-order valence-corrected chi connectivity index (χ4v) is 12.3. The number of carbonyl (C=O) groups excluding carboxylic acids is 4. The SMILES string of the molecule is CCCCCCCCCCCCN1C(=O)c2ccc3c4c(-c5ccc(C(F)(F)F)cc5C(F)(F)F)cc5c6c(ccc(c7c(-c8ccc(C(F)(F)F)cc8C(F)(F)F)cc(c2c37)C1=O)c64)C(=O)N(CCCCCCCCCCCC)C5=O. The molecule has 4 amide bonds. The molecule has 7 aromatic carbocycles. The number of benzene rings is 7. The fourth-order valence-electron chi connectivity index (χ4n) is 12.3. The highest BCUT2D eigenvalue weighted by molar-refractivity contribution is 6.44. The maximum Gasteiger partial charge on any atom is 0.417 e. The predicted molar refractivity (Wildman–Crippen MR) is 293 cm³/mol. The lowest BCUT2D eigenvalue weighted by atomic mass is 9.77. The van der Waals surface area contributed by atoms with Crippen molar-refractivity contribution in [1.82, 2.24) is 9.80 Å². The van der Waals surface area contributed by atoms with E-state index in [2.05, 4.69) is 13.8 Å². The molecule has 0 aliphatic carbocycles. The lowest BCUT2D eigenvalue weighted by molar-refractivity contribution is -0.144. The van der Waals surface area contributed by atoms with E-state index in [0.29, 0.717) is 49.9 Å². The summed E-state index contributed by atoms with van der Waals surface area (Å²) in [5.74, 6) is -3.53. The normalized spacial score (nSPS) is 14.4. The molecule has 0 saturated heterocycles. The van der Waals surface area contributed by atoms with Crippen molar-refractivity contribution in [2.75, 3.05) is 13.1 Å². The monoisotopic (exact) mass is 1150 g/mol. The Morgan fingerprint density at radius 1 is 0.293 bits per heavy atom. The zero-order valence-corrected chi connectivity index (χ0v) is 45.5. The second-order valence-corrected chi connectivity index (χ2v) is 21.9. The van der Waals surface area contributed by atoms with Gasteiger partial charge in [-0.2, -0.15) is 52.7 Å². The van der Waals surface area contributed by atoms with Gasteiger partial charge in [-0.05, 0) is 116 Å². The maximum atomic E-state index is 15.4. The minimum Gasteiger partial charge on any atom is -0.274 e. The summed E-state index contributed by atoms with van der Waals surface area (Å²) in [6.45, 7) is 4.01. The van der Waals surface area contributed by atoms with Crippen molar-refractivity contribution < 1.29 is 71.9 Å². The molecule has 0 N–H and O–H groups in total. The summed E-state index contributed by atoms with van der Waals surface area (Å²) in [6.07, 6.45) is -3.17. The van der Waals surface area contributed by atoms with Gasteiger partial charge < -0.3 is 0 Å². The van der Waals surface area contributed by atoms with Crippen LogP contribution in [0.3, 0.4) is 0 Å². The number of rotatable bonds is 24. The van der Waals surface area contributed by atoms with E-state index < -0.39 is 92.8 Å². The van der Waals surface area contributed by atoms with E-state index in [9.17, 15) is 45.5 Å². The largest absolute Gasteiger partial charge is 0.417 e. The van der Waals surface area contributed by atoms with Crippen molar-refractivity contribution in [3.05, 3.63) is 117 Å². The van der Waals surface area contributed by atoms with Crippen molar-refractivity contribution in [2.24, 2.45) is 0 Å². The Balaban J connectivity index is 1.28. The molecule has 7 aromatic rings. The summed E-state index contributed by atoms with van der Waals surface area (Å²) in [5, 5.41) is -1.37. The molecule has 9 rings (SSSR count). The first kappa shape index (κ1) is 59.9. The Labute approximate surface area is 466 Å². The molecule has 0 radical (unpaired) electrons. The van der Waals surface area contributed by atoms with Crippen LogP contribution in [-0.4, -0.2) is 46.5 Å². The quantitative estimate of drug-likeness (QED) is 0.0199. The van der Waals surface area contributed by atoms with E-state index in [1.165, 1.54) is 24.3 Å². The Morgan fingerprint density at radius 3 is 0.890 bits per heavy atom. The van der Waals surface area contributed by atoms with Gasteiger partial charge in [-0.15, -0.1) is 0 Å². The molecule has 436 valence electrons. The average molecular weight is 1150 g/mol. The van der Waals surface area contributed by atoms with Gasteiger partial charge in [0, 0.05) is 46.1 Å². The summed E-state index contributed by atoms with van der Waals surface area (Å²) in [5.41, 5.74) is -10.5. The van der Waals surface area contributed by atoms with Crippen LogP contribution in [0, 0.1) is 0 Å². The summed E-state index contributed by atoms with van der Waals surface area (Å²) in [7, 11) is 0. The number of fused-ring (bicyclic) bond motifs is 2. The number of halogens is 12. The van der Waals surface area contributed by atoms with Gasteiger partial charge in [-0.25, -0.2) is 0 Å². The molecule has 18 heteroatoms. The van der Waals surface area contributed by atoms with Gasteiger partial charge in [0.15, 0.2) is 0 Å². The van der Waals surface area contributed by atoms with E-state index in [4.69, 9.17) is 0 Å². The van der Waals surface area contributed by atoms with E-state index in [-0.39, 0.29) is 90.6 Å². The third-order valence-electron chi connectivity index (χ3n) is 16.4. The first-order valence-electron chi connectivity index (χ1n) is 28.5. The van der Waals surface area contributed by atoms with Gasteiger partial charge in [0.05, 0.1) is 22.3 Å². The Bertz CT molecular complexity index is 3340. The van der Waals surface area contributed by atoms with E-state index in [1.54, 1.807) is 0 Å². The molecule has 0 fully saturated rings. The Hall–Kier alpha value is -6.72. The zero-order valence-electron chi connectivity index (χ0n) is 45.5. The van der Waals surface area contributed by atoms with Crippen LogP contribution < -0.4 is 0 Å². The number of unbranched alkanes of at least 4 members (excludes halogenated alkanes) is 18. The predicted octanol–water partition coefficient (Wildman–Crippen LogP) is 20.2. The number of hydrogen-bond donors (Lipinski definition) is 0. The van der Waals surface area contributed by atoms with Crippen LogP contribution in [0.1, 0.15) is 206 Å². The highest BCUT2D eigenvalue weighted by atomic mass is 19.4. The molecule has 2 aliphatic rings. The third kappa shape index (κ3) is 11.6. The van der Waals surface area contributed by atoms with Crippen molar-refractivity contribution in [3.63, 3.8) is 0 Å². The highest BCUT2D eigenvalue weighted by Crippen LogP contribution is 2.55. The highest BCUT2D eigenvalue weighted by Gasteiger charge is 2.44. The molecule has 0 spiro atoms. The third-order valence-corrected chi connectivity index (χ3v) is 16.4. The van der Waals surface area contributed by atoms with Gasteiger partial charge in [0.25, 0.3) is 23.6 Å². The molecular weight excluding hydrogens is 1090 g/mol. The summed E-state index contributed by atoms with van der Waals surface area (Å²) >= 11 is 0. The van der Waals surface area contributed by atoms with E-state index in [0.717, 1.165) is 125 Å². The van der Waals surface area contributed by atoms with Crippen LogP contribution in [0.2, 0.25) is 0 Å². The van der Waals surface area contributed by atoms with E-state index in [1.807, 2.05) is 0 Å². The zero-order chi connectivity index (χ0) is 59.1. The number of hydrogen-bond acceptors (Lipinski definition) is 4. The number of amides is 4. The summed E-state index contributed by atoms with van der Waals surface area (Å²) < 4.78 is 178. The van der Waals surface area contributed by atoms with Gasteiger partial charge in [0.1, 0.15) is 0 Å². The standard InChI is InChI=1S/C64H62F12N2O4/c1-3-5-7-9-11-13-15-17-19-21-31-77-57(79)43-29-27-41-52-46(40-26-24-38(62(68,69)70)34-50(40)64(74,75)76)36-48-54-44(58(80)78(60(48)82)32-22-20-18-16-14-12-10-8-6-4-2)30-28-42(56(52)54)51-45(35-47(59(77)81)53(43)55(41)51)39-25-23-37(61(65,66)67)33-49(39)63(71,72)73/h23-30,33-36H,3-22,31-32H2,1-2H3. The van der Waals surface area contributed by atoms with Gasteiger partial charge in [-0.1, -0.05) is 154 Å². The summed E-state index contributed by atoms with van der Waals surface area (Å²) in [6, 6.07) is 9.18. The minimum atomic E-state index is -5.48. The number of imide groups is 2. The second-order valence-electron chi connectivity index (χ2n) is 21.9. The maximum absolute atomic E-state index is 15.4. The van der Waals surface area contributed by atoms with E-state index >= 15 is 26.3 Å². The van der Waals surface area contributed by atoms with Crippen LogP contribution in [0.15, 0.2) is 72.8 Å². The number of carbonyl (C=O) groups is 4. The first-order valence-corrected chi connectivity index (χ1v) is 28.5. The van der Waals surface area contributed by atoms with Crippen molar-refractivity contribution in [1.29, 1.82) is 0 Å². The molecule has 6 nitrogen and oxygen atoms in total. The van der Waals surface area contributed by atoms with Crippen molar-refractivity contribution >= 4 is 66.7 Å². The van der Waals surface area contributed by atoms with Crippen LogP contribution in [-0.2, 0) is 24.7 Å². The van der Waals surface area contributed by atoms with Crippen LogP contribution in [0.25, 0.3) is 65.3 Å². The van der Waals surface area contributed by atoms with Crippen LogP contribution >= 0.6 is 0 Å². The fraction of sp³-hybridized carbons (Fsp3) is 0.438. The number of alkyl halides is 12. The molecule has 2 heterocycles. The molecule has 0 bridgehead atoms. The molecule has 0 saturated carbocycles. The first-order chi connectivity index (χ1) is 38.9. The minimum absolute atomic E-state index is 0.0776. The molecule has 0 unspecified atom stereocenters. The lowest BCUT2D eigenvalue weighted by Crippen LogP contribution is -2.41. The summed E-state index contributed by atoms with van der Waals surface area (Å²) in [4.78, 5) is 61.1. The topological polar surface area (TPSA) is 74.8 Å². The Morgan fingerprint density at radius 2 is 0.585 bits per heavy atom. The smallest absolute Gasteiger partial charge is 0.274 e. The second kappa shape index (κ2) is 23.9. The van der Waals surface area contributed by atoms with Gasteiger partial charge in [-0.3, -0.25) is 29.0 Å². The molecular formula is C64H62F12N2O4. The van der Waals surface area contributed by atoms with Crippen molar-refractivity contribution in [2.45, 2.75) is 167 Å². The van der Waals surface area contributed by atoms with Crippen LogP contribution in [0.4, 0.5) is 52.7 Å². The molecule has 0 atom stereocenters. The van der Waals surface area contributed by atoms with Gasteiger partial charge in [0.2, 0.25) is 0 Å². The van der Waals surface area contributed by atoms with Crippen LogP contribution in [0.5, 0.6) is 0 Å².